The number of nitrogens with zero attached hydrogens (tertiary/aromatic N) is 1. The van der Waals surface area contributed by atoms with Crippen LogP contribution in [0.2, 0.25) is 0 Å². The largest absolute Gasteiger partial charge is 0.508 e. The third-order valence-corrected chi connectivity index (χ3v) is 5.77. The lowest BCUT2D eigenvalue weighted by Gasteiger charge is -2.30. The van der Waals surface area contributed by atoms with E-state index in [0.717, 1.165) is 39.3 Å². The van der Waals surface area contributed by atoms with Gasteiger partial charge in [0.1, 0.15) is 23.0 Å². The Morgan fingerprint density at radius 1 is 0.545 bits per heavy atom. The number of benzene rings is 4. The van der Waals surface area contributed by atoms with E-state index in [9.17, 15) is 15.3 Å². The fraction of sp³-hybridized carbons (Fsp3) is 0.143. The molecule has 5 nitrogen and oxygen atoms in total. The Bertz CT molecular complexity index is 1280. The summed E-state index contributed by atoms with van der Waals surface area (Å²) in [6, 6.07) is 21.4. The summed E-state index contributed by atoms with van der Waals surface area (Å²) in [6.45, 7) is 7.76. The van der Waals surface area contributed by atoms with Gasteiger partial charge in [0, 0.05) is 17.4 Å². The number of phenols is 3. The minimum atomic E-state index is 0.145. The van der Waals surface area contributed by atoms with Crippen LogP contribution in [0.15, 0.2) is 72.8 Å². The van der Waals surface area contributed by atoms with Gasteiger partial charge in [-0.1, -0.05) is 12.1 Å². The predicted octanol–water partition coefficient (Wildman–Crippen LogP) is 7.30. The first-order chi connectivity index (χ1) is 15.7. The minimum absolute atomic E-state index is 0.145. The number of ether oxygens (including phenoxy) is 1. The molecule has 33 heavy (non-hydrogen) atoms. The summed E-state index contributed by atoms with van der Waals surface area (Å²) < 4.78 is 6.35. The van der Waals surface area contributed by atoms with Crippen LogP contribution in [0, 0.1) is 27.7 Å². The number of aromatic hydroxyl groups is 3. The van der Waals surface area contributed by atoms with Gasteiger partial charge in [-0.15, -0.1) is 0 Å². The monoisotopic (exact) mass is 441 g/mol. The normalized spacial score (nSPS) is 10.8. The summed E-state index contributed by atoms with van der Waals surface area (Å²) in [5.41, 5.74) is 6.13. The van der Waals surface area contributed by atoms with E-state index in [1.54, 1.807) is 36.4 Å². The van der Waals surface area contributed by atoms with Crippen molar-refractivity contribution in [2.45, 2.75) is 27.7 Å². The molecule has 0 aliphatic heterocycles. The highest BCUT2D eigenvalue weighted by Gasteiger charge is 2.21. The van der Waals surface area contributed by atoms with Gasteiger partial charge in [0.15, 0.2) is 5.75 Å². The molecule has 4 rings (SSSR count). The molecule has 0 aliphatic rings. The Morgan fingerprint density at radius 3 is 1.67 bits per heavy atom. The summed E-state index contributed by atoms with van der Waals surface area (Å²) in [6.07, 6.45) is 0. The Hall–Kier alpha value is -4.12. The topological polar surface area (TPSA) is 73.2 Å². The van der Waals surface area contributed by atoms with Gasteiger partial charge in [0.25, 0.3) is 0 Å². The van der Waals surface area contributed by atoms with Crippen LogP contribution in [0.1, 0.15) is 22.3 Å². The second kappa shape index (κ2) is 8.79. The molecule has 168 valence electrons. The predicted molar refractivity (Wildman–Crippen MR) is 132 cm³/mol. The highest BCUT2D eigenvalue weighted by atomic mass is 16.5. The summed E-state index contributed by atoms with van der Waals surface area (Å²) in [4.78, 5) is 2.05. The molecule has 4 aromatic rings. The number of anilines is 3. The molecule has 0 aliphatic carbocycles. The van der Waals surface area contributed by atoms with Crippen molar-refractivity contribution >= 4 is 17.1 Å². The molecule has 0 saturated heterocycles. The zero-order chi connectivity index (χ0) is 23.7. The molecule has 0 amide bonds. The van der Waals surface area contributed by atoms with E-state index in [0.29, 0.717) is 11.5 Å². The zero-order valence-electron chi connectivity index (χ0n) is 19.1. The number of hydrogen-bond donors (Lipinski definition) is 3. The molecule has 0 aromatic heterocycles. The summed E-state index contributed by atoms with van der Waals surface area (Å²) in [7, 11) is 0. The van der Waals surface area contributed by atoms with E-state index in [1.807, 2.05) is 69.0 Å². The van der Waals surface area contributed by atoms with Gasteiger partial charge in [-0.3, -0.25) is 0 Å². The van der Waals surface area contributed by atoms with Crippen LogP contribution in [0.3, 0.4) is 0 Å². The third kappa shape index (κ3) is 4.44. The average Bonchev–Trinajstić information content (AvgIpc) is 2.75. The Kier molecular flexibility index (Phi) is 5.88. The Morgan fingerprint density at radius 2 is 1.09 bits per heavy atom. The summed E-state index contributed by atoms with van der Waals surface area (Å²) >= 11 is 0. The summed E-state index contributed by atoms with van der Waals surface area (Å²) in [5, 5.41) is 30.1. The first kappa shape index (κ1) is 22.1. The van der Waals surface area contributed by atoms with E-state index in [4.69, 9.17) is 4.74 Å². The van der Waals surface area contributed by atoms with Crippen molar-refractivity contribution in [2.75, 3.05) is 4.90 Å². The van der Waals surface area contributed by atoms with Gasteiger partial charge in [-0.25, -0.2) is 0 Å². The van der Waals surface area contributed by atoms with Crippen molar-refractivity contribution in [3.05, 3.63) is 95.1 Å². The molecule has 0 radical (unpaired) electrons. The van der Waals surface area contributed by atoms with Crippen molar-refractivity contribution in [2.24, 2.45) is 0 Å². The van der Waals surface area contributed by atoms with Gasteiger partial charge < -0.3 is 25.0 Å². The highest BCUT2D eigenvalue weighted by Crippen LogP contribution is 2.45. The van der Waals surface area contributed by atoms with Crippen LogP contribution >= 0.6 is 0 Å². The lowest BCUT2D eigenvalue weighted by Crippen LogP contribution is -2.13. The number of rotatable bonds is 5. The Labute approximate surface area is 193 Å². The van der Waals surface area contributed by atoms with Crippen LogP contribution in [0.5, 0.6) is 28.7 Å². The van der Waals surface area contributed by atoms with Crippen LogP contribution in [-0.2, 0) is 0 Å². The molecule has 0 bridgehead atoms. The van der Waals surface area contributed by atoms with Gasteiger partial charge >= 0.3 is 0 Å². The molecule has 4 aromatic carbocycles. The SMILES string of the molecule is Cc1cc(O)ccc1N(c1ccc(O)cc1C)c1ccccc1Oc1cc(O)cc(C)c1C. The minimum Gasteiger partial charge on any atom is -0.508 e. The second-order valence-electron chi connectivity index (χ2n) is 8.23. The zero-order valence-corrected chi connectivity index (χ0v) is 19.1. The van der Waals surface area contributed by atoms with Crippen molar-refractivity contribution in [1.82, 2.24) is 0 Å². The number of phenolic OH excluding ortho intramolecular Hbond substituents is 3. The van der Waals surface area contributed by atoms with Gasteiger partial charge in [0.2, 0.25) is 0 Å². The smallest absolute Gasteiger partial charge is 0.151 e. The number of hydrogen-bond acceptors (Lipinski definition) is 5. The van der Waals surface area contributed by atoms with Crippen LogP contribution in [-0.4, -0.2) is 15.3 Å². The maximum Gasteiger partial charge on any atom is 0.151 e. The van der Waals surface area contributed by atoms with E-state index < -0.39 is 0 Å². The first-order valence-electron chi connectivity index (χ1n) is 10.7. The molecule has 0 atom stereocenters. The van der Waals surface area contributed by atoms with Crippen molar-refractivity contribution in [3.8, 4) is 28.7 Å². The van der Waals surface area contributed by atoms with Crippen LogP contribution < -0.4 is 9.64 Å². The highest BCUT2D eigenvalue weighted by molar-refractivity contribution is 5.83. The van der Waals surface area contributed by atoms with Crippen molar-refractivity contribution in [3.63, 3.8) is 0 Å². The standard InChI is InChI=1S/C28H27NO4/c1-17-13-23(32)16-28(20(17)4)33-27-8-6-5-7-26(27)29(24-11-9-21(30)14-18(24)2)25-12-10-22(31)15-19(25)3/h5-16,30-32H,1-4H3. The van der Waals surface area contributed by atoms with Gasteiger partial charge in [-0.2, -0.15) is 0 Å². The van der Waals surface area contributed by atoms with E-state index in [2.05, 4.69) is 0 Å². The molecular weight excluding hydrogens is 414 g/mol. The maximum absolute atomic E-state index is 10.1. The second-order valence-corrected chi connectivity index (χ2v) is 8.23. The fourth-order valence-corrected chi connectivity index (χ4v) is 3.93. The Balaban J connectivity index is 1.92. The molecule has 0 fully saturated rings. The van der Waals surface area contributed by atoms with Crippen LogP contribution in [0.25, 0.3) is 0 Å². The summed E-state index contributed by atoms with van der Waals surface area (Å²) in [5.74, 6) is 1.70. The molecule has 0 saturated carbocycles. The number of aryl methyl sites for hydroxylation is 3. The van der Waals surface area contributed by atoms with Gasteiger partial charge in [-0.05, 0) is 105 Å². The van der Waals surface area contributed by atoms with E-state index >= 15 is 0 Å². The average molecular weight is 442 g/mol. The first-order valence-corrected chi connectivity index (χ1v) is 10.7. The third-order valence-electron chi connectivity index (χ3n) is 5.77. The van der Waals surface area contributed by atoms with Crippen molar-refractivity contribution in [1.29, 1.82) is 0 Å². The quantitative estimate of drug-likeness (QED) is 0.303. The van der Waals surface area contributed by atoms with Crippen LogP contribution in [0.4, 0.5) is 17.1 Å². The fourth-order valence-electron chi connectivity index (χ4n) is 3.93. The van der Waals surface area contributed by atoms with E-state index in [1.165, 1.54) is 0 Å². The van der Waals surface area contributed by atoms with Gasteiger partial charge in [0.05, 0.1) is 5.69 Å². The molecule has 0 unspecified atom stereocenters. The van der Waals surface area contributed by atoms with Crippen molar-refractivity contribution < 1.29 is 20.1 Å². The molecular formula is C28H27NO4. The molecule has 0 spiro atoms. The molecule has 5 heteroatoms. The lowest BCUT2D eigenvalue weighted by molar-refractivity contribution is 0.452. The molecule has 0 heterocycles. The maximum atomic E-state index is 10.1. The van der Waals surface area contributed by atoms with E-state index in [-0.39, 0.29) is 17.2 Å². The number of para-hydroxylation sites is 2. The molecule has 3 N–H and O–H groups in total. The lowest BCUT2D eigenvalue weighted by atomic mass is 10.1.